The minimum absolute atomic E-state index is 0.298. The van der Waals surface area contributed by atoms with Crippen LogP contribution in [0.15, 0.2) is 27.4 Å². The summed E-state index contributed by atoms with van der Waals surface area (Å²) in [4.78, 5) is 22.8. The molecule has 1 aromatic carbocycles. The van der Waals surface area contributed by atoms with Gasteiger partial charge in [0.05, 0.1) is 10.9 Å². The summed E-state index contributed by atoms with van der Waals surface area (Å²) in [7, 11) is 0. The van der Waals surface area contributed by atoms with Gasteiger partial charge in [0.1, 0.15) is 0 Å². The van der Waals surface area contributed by atoms with E-state index >= 15 is 0 Å². The van der Waals surface area contributed by atoms with Crippen molar-refractivity contribution < 1.29 is 14.3 Å². The zero-order chi connectivity index (χ0) is 15.8. The number of fused-ring (bicyclic) bond motifs is 1. The number of carboxylic acids is 1. The van der Waals surface area contributed by atoms with Gasteiger partial charge in [0.2, 0.25) is 0 Å². The van der Waals surface area contributed by atoms with Crippen LogP contribution in [0.25, 0.3) is 11.1 Å². The molecule has 0 saturated heterocycles. The molecule has 0 spiro atoms. The van der Waals surface area contributed by atoms with Gasteiger partial charge in [-0.05, 0) is 44.9 Å². The molecular weight excluding hydrogens is 272 g/mol. The summed E-state index contributed by atoms with van der Waals surface area (Å²) in [5, 5.41) is 9.16. The van der Waals surface area contributed by atoms with Gasteiger partial charge in [0.15, 0.2) is 5.58 Å². The summed E-state index contributed by atoms with van der Waals surface area (Å²) < 4.78 is 6.73. The molecule has 6 nitrogen and oxygen atoms in total. The molecule has 0 radical (unpaired) electrons. The van der Waals surface area contributed by atoms with Crippen LogP contribution >= 0.6 is 0 Å². The van der Waals surface area contributed by atoms with Crippen molar-refractivity contribution in [2.75, 3.05) is 0 Å². The number of hydrogen-bond acceptors (Lipinski definition) is 4. The Morgan fingerprint density at radius 3 is 2.71 bits per heavy atom. The third kappa shape index (κ3) is 2.85. The lowest BCUT2D eigenvalue weighted by molar-refractivity contribution is -0.147. The Hall–Kier alpha value is -2.08. The number of hydrogen-bond donors (Lipinski definition) is 2. The molecule has 1 heterocycles. The number of carboxylic acid groups (broad SMARTS) is 1. The average molecular weight is 292 g/mol. The van der Waals surface area contributed by atoms with Crippen molar-refractivity contribution in [1.29, 1.82) is 0 Å². The molecular formula is C15H20N2O4. The molecule has 3 N–H and O–H groups in total. The number of nitrogens with zero attached hydrogens (tertiary/aromatic N) is 1. The summed E-state index contributed by atoms with van der Waals surface area (Å²) in [6.45, 7) is 5.68. The van der Waals surface area contributed by atoms with Gasteiger partial charge >= 0.3 is 11.7 Å². The van der Waals surface area contributed by atoms with Gasteiger partial charge in [-0.25, -0.2) is 4.79 Å². The van der Waals surface area contributed by atoms with Gasteiger partial charge in [-0.1, -0.05) is 6.07 Å². The van der Waals surface area contributed by atoms with Gasteiger partial charge in [-0.15, -0.1) is 0 Å². The first-order chi connectivity index (χ1) is 9.76. The second-order valence-electron chi connectivity index (χ2n) is 5.84. The van der Waals surface area contributed by atoms with Crippen LogP contribution < -0.4 is 11.5 Å². The average Bonchev–Trinajstić information content (AvgIpc) is 2.71. The zero-order valence-electron chi connectivity index (χ0n) is 12.4. The topological polar surface area (TPSA) is 98.5 Å². The highest BCUT2D eigenvalue weighted by Gasteiger charge is 2.30. The molecule has 2 aromatic rings. The molecule has 21 heavy (non-hydrogen) atoms. The minimum atomic E-state index is -0.912. The highest BCUT2D eigenvalue weighted by Crippen LogP contribution is 2.30. The molecule has 0 fully saturated rings. The predicted octanol–water partition coefficient (Wildman–Crippen LogP) is 2.12. The SMILES string of the molecule is CCn1c(=O)oc2cc(C(N)CC(C)(C)C(=O)O)ccc21. The monoisotopic (exact) mass is 292 g/mol. The Labute approximate surface area is 122 Å². The standard InChI is InChI=1S/C15H20N2O4/c1-4-17-11-6-5-9(7-12(11)21-14(17)20)10(16)8-15(2,3)13(18)19/h5-7,10H,4,8,16H2,1-3H3,(H,18,19). The van der Waals surface area contributed by atoms with Crippen LogP contribution in [0, 0.1) is 5.41 Å². The number of rotatable bonds is 5. The van der Waals surface area contributed by atoms with Gasteiger partial charge < -0.3 is 15.3 Å². The van der Waals surface area contributed by atoms with E-state index in [0.29, 0.717) is 18.5 Å². The molecule has 1 atom stereocenters. The van der Waals surface area contributed by atoms with Gasteiger partial charge in [-0.2, -0.15) is 0 Å². The van der Waals surface area contributed by atoms with Crippen molar-refractivity contribution in [3.05, 3.63) is 34.3 Å². The van der Waals surface area contributed by atoms with E-state index < -0.39 is 23.2 Å². The molecule has 0 bridgehead atoms. The Balaban J connectivity index is 2.35. The molecule has 0 aliphatic carbocycles. The Morgan fingerprint density at radius 1 is 1.48 bits per heavy atom. The molecule has 6 heteroatoms. The number of benzene rings is 1. The van der Waals surface area contributed by atoms with Crippen molar-refractivity contribution in [2.24, 2.45) is 11.1 Å². The first-order valence-electron chi connectivity index (χ1n) is 6.88. The van der Waals surface area contributed by atoms with Crippen LogP contribution in [0.5, 0.6) is 0 Å². The van der Waals surface area contributed by atoms with Gasteiger partial charge in [0, 0.05) is 12.6 Å². The summed E-state index contributed by atoms with van der Waals surface area (Å²) >= 11 is 0. The molecule has 0 aliphatic heterocycles. The van der Waals surface area contributed by atoms with E-state index in [1.807, 2.05) is 13.0 Å². The van der Waals surface area contributed by atoms with Crippen LogP contribution in [0.2, 0.25) is 0 Å². The lowest BCUT2D eigenvalue weighted by Crippen LogP contribution is -2.28. The fraction of sp³-hybridized carbons (Fsp3) is 0.467. The van der Waals surface area contributed by atoms with Crippen LogP contribution in [0.1, 0.15) is 38.8 Å². The third-order valence-electron chi connectivity index (χ3n) is 3.75. The fourth-order valence-corrected chi connectivity index (χ4v) is 2.37. The van der Waals surface area contributed by atoms with Crippen LogP contribution in [-0.4, -0.2) is 15.6 Å². The highest BCUT2D eigenvalue weighted by atomic mass is 16.4. The number of aryl methyl sites for hydroxylation is 1. The van der Waals surface area contributed by atoms with Crippen LogP contribution in [0.4, 0.5) is 0 Å². The first-order valence-corrected chi connectivity index (χ1v) is 6.88. The molecule has 1 unspecified atom stereocenters. The van der Waals surface area contributed by atoms with E-state index in [0.717, 1.165) is 11.1 Å². The predicted molar refractivity (Wildman–Crippen MR) is 79.1 cm³/mol. The zero-order valence-corrected chi connectivity index (χ0v) is 12.4. The second kappa shape index (κ2) is 5.37. The van der Waals surface area contributed by atoms with E-state index in [1.165, 1.54) is 4.57 Å². The van der Waals surface area contributed by atoms with E-state index in [4.69, 9.17) is 15.3 Å². The molecule has 0 saturated carbocycles. The van der Waals surface area contributed by atoms with Crippen molar-refractivity contribution >= 4 is 17.1 Å². The Kier molecular flexibility index (Phi) is 3.91. The largest absolute Gasteiger partial charge is 0.481 e. The number of aromatic nitrogens is 1. The second-order valence-corrected chi connectivity index (χ2v) is 5.84. The van der Waals surface area contributed by atoms with Crippen LogP contribution in [-0.2, 0) is 11.3 Å². The molecule has 0 aliphatic rings. The maximum absolute atomic E-state index is 11.7. The lowest BCUT2D eigenvalue weighted by Gasteiger charge is -2.23. The molecule has 114 valence electrons. The number of nitrogens with two attached hydrogens (primary N) is 1. The van der Waals surface area contributed by atoms with E-state index in [1.54, 1.807) is 26.0 Å². The maximum atomic E-state index is 11.7. The van der Waals surface area contributed by atoms with Gasteiger partial charge in [-0.3, -0.25) is 9.36 Å². The van der Waals surface area contributed by atoms with Crippen molar-refractivity contribution in [3.8, 4) is 0 Å². The van der Waals surface area contributed by atoms with Crippen molar-refractivity contribution in [1.82, 2.24) is 4.57 Å². The smallest absolute Gasteiger partial charge is 0.419 e. The molecule has 1 aromatic heterocycles. The molecule has 2 rings (SSSR count). The lowest BCUT2D eigenvalue weighted by atomic mass is 9.84. The summed E-state index contributed by atoms with van der Waals surface area (Å²) in [5.74, 6) is -1.29. The molecule has 0 amide bonds. The highest BCUT2D eigenvalue weighted by molar-refractivity contribution is 5.75. The Bertz CT molecular complexity index is 727. The number of carbonyl (C=O) groups is 1. The normalized spacial score (nSPS) is 13.5. The van der Waals surface area contributed by atoms with Crippen LogP contribution in [0.3, 0.4) is 0 Å². The van der Waals surface area contributed by atoms with Gasteiger partial charge in [0.25, 0.3) is 0 Å². The summed E-state index contributed by atoms with van der Waals surface area (Å²) in [6, 6.07) is 4.88. The summed E-state index contributed by atoms with van der Waals surface area (Å²) in [5.41, 5.74) is 7.14. The van der Waals surface area contributed by atoms with E-state index in [-0.39, 0.29) is 0 Å². The number of oxazole rings is 1. The van der Waals surface area contributed by atoms with E-state index in [2.05, 4.69) is 0 Å². The first kappa shape index (κ1) is 15.3. The quantitative estimate of drug-likeness (QED) is 0.879. The number of aliphatic carboxylic acids is 1. The summed E-state index contributed by atoms with van der Waals surface area (Å²) in [6.07, 6.45) is 0.298. The van der Waals surface area contributed by atoms with Crippen molar-refractivity contribution in [2.45, 2.75) is 39.8 Å². The fourth-order valence-electron chi connectivity index (χ4n) is 2.37. The Morgan fingerprint density at radius 2 is 2.14 bits per heavy atom. The third-order valence-corrected chi connectivity index (χ3v) is 3.75. The maximum Gasteiger partial charge on any atom is 0.419 e. The van der Waals surface area contributed by atoms with E-state index in [9.17, 15) is 9.59 Å². The minimum Gasteiger partial charge on any atom is -0.481 e. The van der Waals surface area contributed by atoms with Crippen molar-refractivity contribution in [3.63, 3.8) is 0 Å².